The molecule has 29 heavy (non-hydrogen) atoms. The zero-order chi connectivity index (χ0) is 20.5. The van der Waals surface area contributed by atoms with Crippen LogP contribution in [0.2, 0.25) is 0 Å². The Morgan fingerprint density at radius 3 is 2.62 bits per heavy atom. The van der Waals surface area contributed by atoms with E-state index in [-0.39, 0.29) is 5.91 Å². The summed E-state index contributed by atoms with van der Waals surface area (Å²) >= 11 is 0. The van der Waals surface area contributed by atoms with Crippen molar-refractivity contribution in [1.82, 2.24) is 30.3 Å². The topological polar surface area (TPSA) is 87.4 Å². The fourth-order valence-corrected chi connectivity index (χ4v) is 3.46. The number of rotatable bonds is 9. The number of nitrogens with zero attached hydrogens (tertiary/aromatic N) is 5. The lowest BCUT2D eigenvalue weighted by atomic mass is 10.1. The highest BCUT2D eigenvalue weighted by molar-refractivity contribution is 5.80. The van der Waals surface area contributed by atoms with E-state index in [1.54, 1.807) is 6.33 Å². The van der Waals surface area contributed by atoms with E-state index in [0.29, 0.717) is 13.0 Å². The van der Waals surface area contributed by atoms with E-state index in [4.69, 9.17) is 0 Å². The van der Waals surface area contributed by atoms with Gasteiger partial charge in [0.1, 0.15) is 12.2 Å². The van der Waals surface area contributed by atoms with Crippen molar-refractivity contribution in [1.29, 1.82) is 0 Å². The van der Waals surface area contributed by atoms with Crippen LogP contribution in [0.25, 0.3) is 0 Å². The monoisotopic (exact) mass is 397 g/mol. The normalized spacial score (nSPS) is 13.4. The van der Waals surface area contributed by atoms with Crippen molar-refractivity contribution >= 4 is 11.9 Å². The molecule has 0 aliphatic carbocycles. The van der Waals surface area contributed by atoms with E-state index in [1.807, 2.05) is 28.5 Å². The number of fused-ring (bicyclic) bond motifs is 1. The van der Waals surface area contributed by atoms with Gasteiger partial charge in [0.05, 0.1) is 0 Å². The molecule has 8 nitrogen and oxygen atoms in total. The van der Waals surface area contributed by atoms with Crippen LogP contribution in [0.15, 0.2) is 35.6 Å². The van der Waals surface area contributed by atoms with Gasteiger partial charge in [-0.3, -0.25) is 9.79 Å². The molecule has 2 aromatic rings. The lowest BCUT2D eigenvalue weighted by molar-refractivity contribution is -0.131. The molecule has 0 atom stereocenters. The van der Waals surface area contributed by atoms with E-state index >= 15 is 0 Å². The number of hydrogen-bond donors (Lipinski definition) is 2. The van der Waals surface area contributed by atoms with Gasteiger partial charge in [0, 0.05) is 52.1 Å². The molecule has 2 N–H and O–H groups in total. The number of benzene rings is 1. The number of carbonyl (C=O) groups is 1. The van der Waals surface area contributed by atoms with Gasteiger partial charge >= 0.3 is 0 Å². The standard InChI is InChI=1S/C21H31N7O/c1-3-19-26-25-16-27(19)13-12-24-21(22-4-2)23-11-7-10-20(29)28-14-17-8-5-6-9-18(17)15-28/h5-6,8-9,16H,3-4,7,10-15H2,1-2H3,(H2,22,23,24). The molecule has 1 aliphatic heterocycles. The van der Waals surface area contributed by atoms with Crippen LogP contribution in [0.5, 0.6) is 0 Å². The number of amides is 1. The Kier molecular flexibility index (Phi) is 7.61. The Morgan fingerprint density at radius 1 is 1.17 bits per heavy atom. The fraction of sp³-hybridized carbons (Fsp3) is 0.524. The zero-order valence-electron chi connectivity index (χ0n) is 17.4. The summed E-state index contributed by atoms with van der Waals surface area (Å²) in [5.74, 6) is 1.96. The largest absolute Gasteiger partial charge is 0.357 e. The third-order valence-electron chi connectivity index (χ3n) is 5.01. The zero-order valence-corrected chi connectivity index (χ0v) is 17.4. The number of aliphatic imine (C=N–C) groups is 1. The lowest BCUT2D eigenvalue weighted by Crippen LogP contribution is -2.39. The summed E-state index contributed by atoms with van der Waals surface area (Å²) in [5.41, 5.74) is 2.52. The second-order valence-corrected chi connectivity index (χ2v) is 7.10. The number of nitrogens with one attached hydrogen (secondary N) is 2. The Labute approximate surface area is 172 Å². The molecule has 0 radical (unpaired) electrons. The van der Waals surface area contributed by atoms with Crippen LogP contribution in [0.3, 0.4) is 0 Å². The molecule has 0 unspecified atom stereocenters. The predicted octanol–water partition coefficient (Wildman–Crippen LogP) is 1.72. The molecule has 1 aliphatic rings. The Balaban J connectivity index is 1.39. The molecule has 8 heteroatoms. The van der Waals surface area contributed by atoms with Gasteiger partial charge in [-0.1, -0.05) is 31.2 Å². The van der Waals surface area contributed by atoms with Gasteiger partial charge in [-0.2, -0.15) is 0 Å². The first-order valence-electron chi connectivity index (χ1n) is 10.4. The molecule has 0 spiro atoms. The van der Waals surface area contributed by atoms with Crippen LogP contribution in [0.1, 0.15) is 43.6 Å². The van der Waals surface area contributed by atoms with Crippen LogP contribution in [-0.4, -0.2) is 51.2 Å². The number of aryl methyl sites for hydroxylation is 1. The number of hydrogen-bond acceptors (Lipinski definition) is 4. The maximum absolute atomic E-state index is 12.5. The van der Waals surface area contributed by atoms with Gasteiger partial charge in [0.2, 0.25) is 5.91 Å². The first kappa shape index (κ1) is 20.8. The van der Waals surface area contributed by atoms with Crippen molar-refractivity contribution in [2.24, 2.45) is 4.99 Å². The van der Waals surface area contributed by atoms with Gasteiger partial charge in [-0.25, -0.2) is 0 Å². The minimum absolute atomic E-state index is 0.203. The van der Waals surface area contributed by atoms with Crippen LogP contribution >= 0.6 is 0 Å². The molecule has 0 saturated heterocycles. The van der Waals surface area contributed by atoms with Crippen LogP contribution in [0, 0.1) is 0 Å². The fourth-order valence-electron chi connectivity index (χ4n) is 3.46. The minimum Gasteiger partial charge on any atom is -0.357 e. The molecule has 1 amide bonds. The predicted molar refractivity (Wildman–Crippen MR) is 113 cm³/mol. The van der Waals surface area contributed by atoms with E-state index in [2.05, 4.69) is 44.9 Å². The average molecular weight is 398 g/mol. The van der Waals surface area contributed by atoms with Crippen LogP contribution < -0.4 is 10.6 Å². The maximum Gasteiger partial charge on any atom is 0.223 e. The van der Waals surface area contributed by atoms with Crippen molar-refractivity contribution in [3.05, 3.63) is 47.5 Å². The molecule has 0 fully saturated rings. The van der Waals surface area contributed by atoms with Crippen molar-refractivity contribution < 1.29 is 4.79 Å². The van der Waals surface area contributed by atoms with Crippen molar-refractivity contribution in [3.8, 4) is 0 Å². The second kappa shape index (κ2) is 10.6. The van der Waals surface area contributed by atoms with E-state index in [1.165, 1.54) is 11.1 Å². The second-order valence-electron chi connectivity index (χ2n) is 7.10. The number of aromatic nitrogens is 3. The Hall–Kier alpha value is -2.90. The maximum atomic E-state index is 12.5. The SMILES string of the molecule is CCNC(=NCCCC(=O)N1Cc2ccccc2C1)NCCn1cnnc1CC. The molecular formula is C21H31N7O. The molecule has 1 aromatic heterocycles. The van der Waals surface area contributed by atoms with Crippen molar-refractivity contribution in [2.75, 3.05) is 19.6 Å². The summed E-state index contributed by atoms with van der Waals surface area (Å²) in [6.45, 7) is 8.51. The molecule has 3 rings (SSSR count). The molecule has 0 bridgehead atoms. The highest BCUT2D eigenvalue weighted by Crippen LogP contribution is 2.22. The third-order valence-corrected chi connectivity index (χ3v) is 5.01. The molecule has 0 saturated carbocycles. The van der Waals surface area contributed by atoms with Gasteiger partial charge in [0.15, 0.2) is 5.96 Å². The Morgan fingerprint density at radius 2 is 1.93 bits per heavy atom. The van der Waals surface area contributed by atoms with Crippen LogP contribution in [-0.2, 0) is 30.8 Å². The Bertz CT molecular complexity index is 805. The van der Waals surface area contributed by atoms with Gasteiger partial charge < -0.3 is 20.1 Å². The van der Waals surface area contributed by atoms with Gasteiger partial charge in [-0.15, -0.1) is 10.2 Å². The van der Waals surface area contributed by atoms with Gasteiger partial charge in [-0.05, 0) is 24.5 Å². The molecule has 2 heterocycles. The number of guanidine groups is 1. The third kappa shape index (κ3) is 5.79. The molecule has 1 aromatic carbocycles. The van der Waals surface area contributed by atoms with E-state index in [9.17, 15) is 4.79 Å². The smallest absolute Gasteiger partial charge is 0.223 e. The van der Waals surface area contributed by atoms with Gasteiger partial charge in [0.25, 0.3) is 0 Å². The summed E-state index contributed by atoms with van der Waals surface area (Å²) in [6, 6.07) is 8.27. The minimum atomic E-state index is 0.203. The molecular weight excluding hydrogens is 366 g/mol. The summed E-state index contributed by atoms with van der Waals surface area (Å²) < 4.78 is 2.04. The lowest BCUT2D eigenvalue weighted by Gasteiger charge is -2.15. The summed E-state index contributed by atoms with van der Waals surface area (Å²) in [6.07, 6.45) is 3.89. The van der Waals surface area contributed by atoms with Crippen LogP contribution in [0.4, 0.5) is 0 Å². The highest BCUT2D eigenvalue weighted by Gasteiger charge is 2.22. The highest BCUT2D eigenvalue weighted by atomic mass is 16.2. The van der Waals surface area contributed by atoms with Crippen molar-refractivity contribution in [3.63, 3.8) is 0 Å². The van der Waals surface area contributed by atoms with E-state index in [0.717, 1.165) is 57.3 Å². The number of carbonyl (C=O) groups excluding carboxylic acids is 1. The average Bonchev–Trinajstić information content (AvgIpc) is 3.37. The first-order chi connectivity index (χ1) is 14.2. The van der Waals surface area contributed by atoms with Crippen molar-refractivity contribution in [2.45, 2.75) is 52.7 Å². The summed E-state index contributed by atoms with van der Waals surface area (Å²) in [7, 11) is 0. The molecule has 156 valence electrons. The summed E-state index contributed by atoms with van der Waals surface area (Å²) in [5, 5.41) is 14.6. The quantitative estimate of drug-likeness (QED) is 0.382. The first-order valence-corrected chi connectivity index (χ1v) is 10.4. The summed E-state index contributed by atoms with van der Waals surface area (Å²) in [4.78, 5) is 19.0. The van der Waals surface area contributed by atoms with E-state index < -0.39 is 0 Å².